The minimum absolute atomic E-state index is 0.0243. The highest BCUT2D eigenvalue weighted by molar-refractivity contribution is 7.89. The van der Waals surface area contributed by atoms with Crippen LogP contribution in [-0.2, 0) is 10.0 Å². The molecule has 31 heavy (non-hydrogen) atoms. The molecule has 0 aliphatic heterocycles. The lowest BCUT2D eigenvalue weighted by Crippen LogP contribution is -2.12. The first-order valence-corrected chi connectivity index (χ1v) is 10.9. The molecular formula is C21H15ClN4O4S. The first-order chi connectivity index (χ1) is 14.8. The number of nitro benzene ring substituents is 1. The summed E-state index contributed by atoms with van der Waals surface area (Å²) in [4.78, 5) is 10.3. The summed E-state index contributed by atoms with van der Waals surface area (Å²) in [7, 11) is -4.07. The molecule has 4 rings (SSSR count). The van der Waals surface area contributed by atoms with Crippen molar-refractivity contribution in [2.75, 3.05) is 5.43 Å². The Kier molecular flexibility index (Phi) is 5.32. The minimum atomic E-state index is -4.07. The predicted molar refractivity (Wildman–Crippen MR) is 122 cm³/mol. The van der Waals surface area contributed by atoms with E-state index in [9.17, 15) is 18.5 Å². The number of primary sulfonamides is 1. The number of nitrogens with one attached hydrogen (secondary N) is 1. The molecule has 0 saturated heterocycles. The van der Waals surface area contributed by atoms with Gasteiger partial charge in [0.1, 0.15) is 5.69 Å². The normalized spacial score (nSPS) is 11.9. The van der Waals surface area contributed by atoms with Gasteiger partial charge in [0.25, 0.3) is 5.69 Å². The molecule has 0 atom stereocenters. The van der Waals surface area contributed by atoms with Crippen molar-refractivity contribution < 1.29 is 13.3 Å². The van der Waals surface area contributed by atoms with Crippen molar-refractivity contribution in [1.82, 2.24) is 0 Å². The van der Waals surface area contributed by atoms with E-state index >= 15 is 0 Å². The van der Waals surface area contributed by atoms with Crippen molar-refractivity contribution >= 4 is 60.8 Å². The summed E-state index contributed by atoms with van der Waals surface area (Å²) in [5.41, 5.74) is 2.97. The molecule has 0 bridgehead atoms. The van der Waals surface area contributed by atoms with Crippen LogP contribution in [0.1, 0.15) is 5.56 Å². The molecule has 0 aromatic heterocycles. The van der Waals surface area contributed by atoms with E-state index < -0.39 is 20.6 Å². The van der Waals surface area contributed by atoms with Gasteiger partial charge in [-0.2, -0.15) is 5.10 Å². The quantitative estimate of drug-likeness (QED) is 0.196. The minimum Gasteiger partial charge on any atom is -0.272 e. The average Bonchev–Trinajstić information content (AvgIpc) is 2.75. The van der Waals surface area contributed by atoms with Crippen LogP contribution >= 0.6 is 11.6 Å². The first-order valence-electron chi connectivity index (χ1n) is 8.96. The van der Waals surface area contributed by atoms with Gasteiger partial charge in [-0.25, -0.2) is 13.6 Å². The molecule has 0 fully saturated rings. The number of benzene rings is 4. The van der Waals surface area contributed by atoms with Gasteiger partial charge >= 0.3 is 0 Å². The topological polar surface area (TPSA) is 128 Å². The number of rotatable bonds is 5. The highest BCUT2D eigenvalue weighted by Crippen LogP contribution is 2.35. The lowest BCUT2D eigenvalue weighted by molar-refractivity contribution is -0.384. The number of nitrogens with two attached hydrogens (primary N) is 1. The summed E-state index contributed by atoms with van der Waals surface area (Å²) < 4.78 is 23.0. The monoisotopic (exact) mass is 454 g/mol. The van der Waals surface area contributed by atoms with Crippen LogP contribution in [-0.4, -0.2) is 19.6 Å². The van der Waals surface area contributed by atoms with Gasteiger partial charge in [0, 0.05) is 22.4 Å². The number of fused-ring (bicyclic) bond motifs is 2. The Balaban J connectivity index is 1.80. The molecule has 4 aromatic carbocycles. The molecule has 8 nitrogen and oxygen atoms in total. The zero-order valence-corrected chi connectivity index (χ0v) is 17.4. The molecule has 0 saturated carbocycles. The molecule has 0 unspecified atom stereocenters. The van der Waals surface area contributed by atoms with E-state index in [4.69, 9.17) is 16.7 Å². The van der Waals surface area contributed by atoms with E-state index in [-0.39, 0.29) is 10.6 Å². The summed E-state index contributed by atoms with van der Waals surface area (Å²) in [6.07, 6.45) is 1.55. The number of hydrazone groups is 1. The Hall–Kier alpha value is -3.53. The highest BCUT2D eigenvalue weighted by atomic mass is 35.5. The molecule has 0 amide bonds. The van der Waals surface area contributed by atoms with Gasteiger partial charge in [-0.3, -0.25) is 15.5 Å². The van der Waals surface area contributed by atoms with Crippen molar-refractivity contribution in [2.45, 2.75) is 4.90 Å². The second-order valence-electron chi connectivity index (χ2n) is 6.67. The van der Waals surface area contributed by atoms with Gasteiger partial charge in [-0.1, -0.05) is 60.1 Å². The average molecular weight is 455 g/mol. The number of halogens is 1. The molecule has 0 radical (unpaired) electrons. The van der Waals surface area contributed by atoms with Gasteiger partial charge in [0.15, 0.2) is 0 Å². The van der Waals surface area contributed by atoms with Gasteiger partial charge in [0.2, 0.25) is 10.0 Å². The molecule has 156 valence electrons. The van der Waals surface area contributed by atoms with Crippen LogP contribution in [0.15, 0.2) is 76.7 Å². The second-order valence-corrected chi connectivity index (χ2v) is 8.61. The predicted octanol–water partition coefficient (Wildman–Crippen LogP) is 4.65. The largest absolute Gasteiger partial charge is 0.295 e. The van der Waals surface area contributed by atoms with Crippen molar-refractivity contribution in [1.29, 1.82) is 0 Å². The third-order valence-corrected chi connectivity index (χ3v) is 6.10. The van der Waals surface area contributed by atoms with Crippen molar-refractivity contribution in [3.05, 3.63) is 87.4 Å². The Labute approximate surface area is 182 Å². The number of nitrogens with zero attached hydrogens (tertiary/aromatic N) is 2. The number of nitro groups is 1. The fourth-order valence-corrected chi connectivity index (χ4v) is 4.21. The number of hydrogen-bond donors (Lipinski definition) is 2. The van der Waals surface area contributed by atoms with Crippen LogP contribution in [0.2, 0.25) is 5.02 Å². The van der Waals surface area contributed by atoms with Crippen LogP contribution < -0.4 is 10.6 Å². The maximum Gasteiger partial charge on any atom is 0.295 e. The van der Waals surface area contributed by atoms with E-state index in [1.807, 2.05) is 48.5 Å². The number of anilines is 1. The first kappa shape index (κ1) is 20.7. The maximum absolute atomic E-state index is 11.5. The summed E-state index contributed by atoms with van der Waals surface area (Å²) >= 11 is 6.59. The van der Waals surface area contributed by atoms with Crippen LogP contribution in [0, 0.1) is 10.1 Å². The molecule has 0 aliphatic carbocycles. The van der Waals surface area contributed by atoms with Gasteiger partial charge in [-0.15, -0.1) is 0 Å². The van der Waals surface area contributed by atoms with Gasteiger partial charge in [-0.05, 0) is 22.9 Å². The molecular weight excluding hydrogens is 440 g/mol. The van der Waals surface area contributed by atoms with Crippen molar-refractivity contribution in [2.24, 2.45) is 10.2 Å². The Morgan fingerprint density at radius 1 is 0.968 bits per heavy atom. The van der Waals surface area contributed by atoms with E-state index in [0.717, 1.165) is 33.2 Å². The summed E-state index contributed by atoms with van der Waals surface area (Å²) in [5, 5.41) is 24.7. The Morgan fingerprint density at radius 3 is 2.03 bits per heavy atom. The van der Waals surface area contributed by atoms with Crippen LogP contribution in [0.3, 0.4) is 0 Å². The maximum atomic E-state index is 11.5. The van der Waals surface area contributed by atoms with Crippen molar-refractivity contribution in [3.63, 3.8) is 0 Å². The third-order valence-electron chi connectivity index (χ3n) is 4.78. The summed E-state index contributed by atoms with van der Waals surface area (Å²) in [5.74, 6) is 0. The Bertz CT molecular complexity index is 1430. The smallest absolute Gasteiger partial charge is 0.272 e. The molecule has 4 aromatic rings. The van der Waals surface area contributed by atoms with Crippen LogP contribution in [0.25, 0.3) is 21.5 Å². The molecule has 0 spiro atoms. The highest BCUT2D eigenvalue weighted by Gasteiger charge is 2.19. The fourth-order valence-electron chi connectivity index (χ4n) is 3.35. The second kappa shape index (κ2) is 7.95. The van der Waals surface area contributed by atoms with E-state index in [2.05, 4.69) is 10.5 Å². The van der Waals surface area contributed by atoms with Gasteiger partial charge in [0.05, 0.1) is 21.1 Å². The SMILES string of the molecule is NS(=O)(=O)c1ccc(N/N=C/c2c3ccccc3c(Cl)c3ccccc23)c([N+](=O)[O-])c1. The van der Waals surface area contributed by atoms with Crippen LogP contribution in [0.4, 0.5) is 11.4 Å². The molecule has 10 heteroatoms. The zero-order chi connectivity index (χ0) is 22.2. The summed E-state index contributed by atoms with van der Waals surface area (Å²) in [6, 6.07) is 18.5. The Morgan fingerprint density at radius 2 is 1.52 bits per heavy atom. The van der Waals surface area contributed by atoms with E-state index in [1.165, 1.54) is 12.1 Å². The lowest BCUT2D eigenvalue weighted by atomic mass is 9.97. The number of hydrogen-bond acceptors (Lipinski definition) is 6. The fraction of sp³-hybridized carbons (Fsp3) is 0. The third kappa shape index (κ3) is 3.93. The zero-order valence-electron chi connectivity index (χ0n) is 15.8. The van der Waals surface area contributed by atoms with Crippen LogP contribution in [0.5, 0.6) is 0 Å². The lowest BCUT2D eigenvalue weighted by Gasteiger charge is -2.10. The van der Waals surface area contributed by atoms with E-state index in [1.54, 1.807) is 6.21 Å². The standard InChI is InChI=1S/C21H15ClN4O4S/c22-21-16-7-3-1-5-14(16)18(15-6-2-4-8-17(15)21)12-24-25-19-10-9-13(31(23,29)30)11-20(19)26(27)28/h1-12,25H,(H2,23,29,30)/b24-12+. The molecule has 0 heterocycles. The van der Waals surface area contributed by atoms with Crippen molar-refractivity contribution in [3.8, 4) is 0 Å². The molecule has 0 aliphatic rings. The van der Waals surface area contributed by atoms with Gasteiger partial charge < -0.3 is 0 Å². The molecule has 3 N–H and O–H groups in total. The van der Waals surface area contributed by atoms with E-state index in [0.29, 0.717) is 5.02 Å². The summed E-state index contributed by atoms with van der Waals surface area (Å²) in [6.45, 7) is 0. The number of sulfonamides is 1.